The Kier molecular flexibility index (Phi) is 4.35. The quantitative estimate of drug-likeness (QED) is 0.357. The van der Waals surface area contributed by atoms with Crippen molar-refractivity contribution in [3.05, 3.63) is 69.3 Å². The summed E-state index contributed by atoms with van der Waals surface area (Å²) in [7, 11) is 0. The van der Waals surface area contributed by atoms with Gasteiger partial charge in [0.1, 0.15) is 0 Å². The lowest BCUT2D eigenvalue weighted by Crippen LogP contribution is -1.99. The number of nitro benzene ring substituents is 1. The standard InChI is InChI=1S/C16H9BrN6O2S/c17-10-3-5-11(6-4-10)22-16(19-20-21-22)26-14-8-7-13(23(24)25)12-2-1-9-18-15(12)14/h1-9H. The number of tetrazole rings is 1. The topological polar surface area (TPSA) is 99.6 Å². The maximum atomic E-state index is 11.2. The van der Waals surface area contributed by atoms with Gasteiger partial charge in [0.15, 0.2) is 0 Å². The SMILES string of the molecule is O=[N+]([O-])c1ccc(Sc2nnnn2-c2ccc(Br)cc2)c2ncccc12. The predicted molar refractivity (Wildman–Crippen MR) is 99.4 cm³/mol. The smallest absolute Gasteiger partial charge is 0.258 e. The molecule has 0 aliphatic heterocycles. The summed E-state index contributed by atoms with van der Waals surface area (Å²) in [5, 5.41) is 24.1. The second-order valence-electron chi connectivity index (χ2n) is 5.19. The second kappa shape index (κ2) is 6.81. The predicted octanol–water partition coefficient (Wildman–Crippen LogP) is 4.03. The summed E-state index contributed by atoms with van der Waals surface area (Å²) in [6.07, 6.45) is 1.60. The highest BCUT2D eigenvalue weighted by molar-refractivity contribution is 9.10. The van der Waals surface area contributed by atoms with Crippen molar-refractivity contribution in [1.82, 2.24) is 25.2 Å². The van der Waals surface area contributed by atoms with Gasteiger partial charge in [-0.1, -0.05) is 15.9 Å². The minimum Gasteiger partial charge on any atom is -0.258 e. The van der Waals surface area contributed by atoms with Crippen molar-refractivity contribution in [1.29, 1.82) is 0 Å². The van der Waals surface area contributed by atoms with Gasteiger partial charge in [-0.3, -0.25) is 15.1 Å². The third-order valence-corrected chi connectivity index (χ3v) is 5.13. The average molecular weight is 429 g/mol. The van der Waals surface area contributed by atoms with Crippen LogP contribution in [0.2, 0.25) is 0 Å². The van der Waals surface area contributed by atoms with Crippen molar-refractivity contribution in [2.45, 2.75) is 10.1 Å². The molecule has 0 unspecified atom stereocenters. The molecule has 0 aliphatic carbocycles. The molecule has 4 rings (SSSR count). The molecule has 0 saturated heterocycles. The summed E-state index contributed by atoms with van der Waals surface area (Å²) in [5.41, 5.74) is 1.36. The first-order chi connectivity index (χ1) is 12.6. The number of nitrogens with zero attached hydrogens (tertiary/aromatic N) is 6. The highest BCUT2D eigenvalue weighted by Crippen LogP contribution is 2.35. The first-order valence-corrected chi connectivity index (χ1v) is 8.99. The van der Waals surface area contributed by atoms with E-state index in [4.69, 9.17) is 0 Å². The van der Waals surface area contributed by atoms with Gasteiger partial charge < -0.3 is 0 Å². The Bertz CT molecular complexity index is 1120. The molecule has 0 fully saturated rings. The monoisotopic (exact) mass is 428 g/mol. The molecule has 0 N–H and O–H groups in total. The molecule has 0 spiro atoms. The van der Waals surface area contributed by atoms with Crippen molar-refractivity contribution in [2.24, 2.45) is 0 Å². The molecule has 4 aromatic rings. The lowest BCUT2D eigenvalue weighted by atomic mass is 10.2. The van der Waals surface area contributed by atoms with Crippen LogP contribution >= 0.6 is 27.7 Å². The third kappa shape index (κ3) is 3.04. The van der Waals surface area contributed by atoms with E-state index in [9.17, 15) is 10.1 Å². The zero-order valence-corrected chi connectivity index (χ0v) is 15.4. The lowest BCUT2D eigenvalue weighted by Gasteiger charge is -2.07. The molecule has 2 aromatic carbocycles. The Hall–Kier alpha value is -2.85. The van der Waals surface area contributed by atoms with Crippen LogP contribution in [0.3, 0.4) is 0 Å². The average Bonchev–Trinajstić information content (AvgIpc) is 3.10. The molecule has 0 saturated carbocycles. The van der Waals surface area contributed by atoms with Crippen LogP contribution in [0.15, 0.2) is 69.3 Å². The van der Waals surface area contributed by atoms with E-state index in [-0.39, 0.29) is 5.69 Å². The van der Waals surface area contributed by atoms with E-state index in [1.54, 1.807) is 29.1 Å². The number of benzene rings is 2. The van der Waals surface area contributed by atoms with Gasteiger partial charge in [-0.05, 0) is 64.7 Å². The fourth-order valence-corrected chi connectivity index (χ4v) is 3.62. The number of rotatable bonds is 4. The molecule has 0 radical (unpaired) electrons. The Morgan fingerprint density at radius 1 is 1.12 bits per heavy atom. The molecule has 0 amide bonds. The third-order valence-electron chi connectivity index (χ3n) is 3.62. The number of pyridine rings is 1. The molecule has 10 heteroatoms. The molecule has 0 bridgehead atoms. The molecule has 128 valence electrons. The zero-order chi connectivity index (χ0) is 18.1. The normalized spacial score (nSPS) is 11.0. The lowest BCUT2D eigenvalue weighted by molar-refractivity contribution is -0.383. The summed E-state index contributed by atoms with van der Waals surface area (Å²) in [5.74, 6) is 0. The van der Waals surface area contributed by atoms with Crippen LogP contribution in [0.5, 0.6) is 0 Å². The van der Waals surface area contributed by atoms with Gasteiger partial charge in [0.05, 0.1) is 21.5 Å². The molecule has 26 heavy (non-hydrogen) atoms. The fraction of sp³-hybridized carbons (Fsp3) is 0. The van der Waals surface area contributed by atoms with Gasteiger partial charge in [0, 0.05) is 21.6 Å². The Morgan fingerprint density at radius 2 is 1.92 bits per heavy atom. The van der Waals surface area contributed by atoms with Crippen LogP contribution in [-0.2, 0) is 0 Å². The highest BCUT2D eigenvalue weighted by Gasteiger charge is 2.18. The van der Waals surface area contributed by atoms with E-state index >= 15 is 0 Å². The molecule has 8 nitrogen and oxygen atoms in total. The first kappa shape index (κ1) is 16.6. The van der Waals surface area contributed by atoms with Crippen LogP contribution in [-0.4, -0.2) is 30.1 Å². The number of fused-ring (bicyclic) bond motifs is 1. The Labute approximate surface area is 159 Å². The molecular weight excluding hydrogens is 420 g/mol. The number of hydrogen-bond donors (Lipinski definition) is 0. The van der Waals surface area contributed by atoms with Crippen molar-refractivity contribution >= 4 is 44.3 Å². The van der Waals surface area contributed by atoms with Crippen LogP contribution in [0.4, 0.5) is 5.69 Å². The Morgan fingerprint density at radius 3 is 2.69 bits per heavy atom. The second-order valence-corrected chi connectivity index (χ2v) is 7.12. The molecule has 2 heterocycles. The van der Waals surface area contributed by atoms with Gasteiger partial charge in [0.25, 0.3) is 5.69 Å². The van der Waals surface area contributed by atoms with E-state index in [1.165, 1.54) is 17.8 Å². The molecular formula is C16H9BrN6O2S. The van der Waals surface area contributed by atoms with E-state index in [1.807, 2.05) is 24.3 Å². The van der Waals surface area contributed by atoms with Crippen LogP contribution < -0.4 is 0 Å². The highest BCUT2D eigenvalue weighted by atomic mass is 79.9. The van der Waals surface area contributed by atoms with E-state index in [2.05, 4.69) is 36.4 Å². The van der Waals surface area contributed by atoms with Crippen molar-refractivity contribution in [3.63, 3.8) is 0 Å². The van der Waals surface area contributed by atoms with Crippen molar-refractivity contribution in [2.75, 3.05) is 0 Å². The summed E-state index contributed by atoms with van der Waals surface area (Å²) in [6, 6.07) is 14.1. The van der Waals surface area contributed by atoms with Crippen molar-refractivity contribution < 1.29 is 4.92 Å². The number of nitro groups is 1. The molecule has 2 aromatic heterocycles. The summed E-state index contributed by atoms with van der Waals surface area (Å²) in [4.78, 5) is 15.9. The van der Waals surface area contributed by atoms with Crippen LogP contribution in [0, 0.1) is 10.1 Å². The van der Waals surface area contributed by atoms with E-state index < -0.39 is 4.92 Å². The van der Waals surface area contributed by atoms with Crippen LogP contribution in [0.25, 0.3) is 16.6 Å². The number of hydrogen-bond acceptors (Lipinski definition) is 7. The maximum absolute atomic E-state index is 11.2. The van der Waals surface area contributed by atoms with E-state index in [0.717, 1.165) is 15.1 Å². The van der Waals surface area contributed by atoms with Crippen LogP contribution in [0.1, 0.15) is 0 Å². The largest absolute Gasteiger partial charge is 0.278 e. The van der Waals surface area contributed by atoms with E-state index in [0.29, 0.717) is 16.1 Å². The molecule has 0 aliphatic rings. The van der Waals surface area contributed by atoms with Gasteiger partial charge in [-0.2, -0.15) is 4.68 Å². The van der Waals surface area contributed by atoms with Crippen molar-refractivity contribution in [3.8, 4) is 5.69 Å². The first-order valence-electron chi connectivity index (χ1n) is 7.38. The molecule has 0 atom stereocenters. The Balaban J connectivity index is 1.78. The van der Waals surface area contributed by atoms with Gasteiger partial charge in [-0.15, -0.1) is 5.10 Å². The van der Waals surface area contributed by atoms with Gasteiger partial charge >= 0.3 is 0 Å². The zero-order valence-electron chi connectivity index (χ0n) is 13.0. The maximum Gasteiger partial charge on any atom is 0.278 e. The fourth-order valence-electron chi connectivity index (χ4n) is 2.46. The number of halogens is 1. The van der Waals surface area contributed by atoms with Gasteiger partial charge in [-0.25, -0.2) is 0 Å². The van der Waals surface area contributed by atoms with Gasteiger partial charge in [0.2, 0.25) is 5.16 Å². The minimum atomic E-state index is -0.412. The summed E-state index contributed by atoms with van der Waals surface area (Å²) in [6.45, 7) is 0. The summed E-state index contributed by atoms with van der Waals surface area (Å²) < 4.78 is 2.56. The summed E-state index contributed by atoms with van der Waals surface area (Å²) >= 11 is 4.70. The number of aromatic nitrogens is 5. The number of non-ortho nitro benzene ring substituents is 1. The minimum absolute atomic E-state index is 0.0185.